The molecule has 1 heterocycles. The van der Waals surface area contributed by atoms with E-state index in [1.54, 1.807) is 43.3 Å². The first-order chi connectivity index (χ1) is 11.8. The van der Waals surface area contributed by atoms with Gasteiger partial charge in [-0.25, -0.2) is 17.7 Å². The lowest BCUT2D eigenvalue weighted by Crippen LogP contribution is -2.38. The van der Waals surface area contributed by atoms with Crippen LogP contribution >= 0.6 is 35.0 Å². The summed E-state index contributed by atoms with van der Waals surface area (Å²) in [6.45, 7) is 1.65. The van der Waals surface area contributed by atoms with Crippen LogP contribution in [0.2, 0.25) is 10.0 Å². The van der Waals surface area contributed by atoms with Crippen molar-refractivity contribution >= 4 is 55.8 Å². The predicted octanol–water partition coefficient (Wildman–Crippen LogP) is 4.72. The van der Waals surface area contributed by atoms with E-state index in [4.69, 9.17) is 29.6 Å². The number of nitrogens with zero attached hydrogens (tertiary/aromatic N) is 2. The number of hydrogen-bond donors (Lipinski definition) is 0. The quantitative estimate of drug-likeness (QED) is 0.672. The molecule has 25 heavy (non-hydrogen) atoms. The molecule has 0 saturated heterocycles. The molecular weight excluding hydrogens is 399 g/mol. The molecule has 0 fully saturated rings. The molecule has 0 N–H and O–H groups in total. The Bertz CT molecular complexity index is 1010. The van der Waals surface area contributed by atoms with E-state index >= 15 is 0 Å². The number of hydrogen-bond acceptors (Lipinski definition) is 4. The molecule has 2 aromatic rings. The van der Waals surface area contributed by atoms with Crippen LogP contribution in [0.4, 0.5) is 5.69 Å². The maximum absolute atomic E-state index is 13.0. The van der Waals surface area contributed by atoms with Crippen LogP contribution in [0.5, 0.6) is 0 Å². The average Bonchev–Trinajstić information content (AvgIpc) is 2.56. The standard InChI is InChI=1S/C17H12Cl2N2O2S2/c1-3-8-21-17(20-13-6-4-12(18)5-7-13)24-15-10-14(19)11(2)9-16(15)25(21,22)23/h1,4-7,9-10H,8H2,2H3. The normalized spacial score (nSPS) is 17.2. The molecule has 4 nitrogen and oxygen atoms in total. The van der Waals surface area contributed by atoms with Gasteiger partial charge >= 0.3 is 0 Å². The lowest BCUT2D eigenvalue weighted by atomic mass is 10.2. The first-order valence-electron chi connectivity index (χ1n) is 7.11. The molecule has 8 heteroatoms. The third-order valence-corrected chi connectivity index (χ3v) is 7.23. The lowest BCUT2D eigenvalue weighted by molar-refractivity contribution is 0.541. The summed E-state index contributed by atoms with van der Waals surface area (Å²) in [4.78, 5) is 5.14. The molecular formula is C17H12Cl2N2O2S2. The number of rotatable bonds is 2. The number of sulfonamides is 1. The van der Waals surface area contributed by atoms with Crippen LogP contribution in [0, 0.1) is 19.3 Å². The highest BCUT2D eigenvalue weighted by molar-refractivity contribution is 8.16. The first kappa shape index (κ1) is 18.2. The zero-order chi connectivity index (χ0) is 18.2. The average molecular weight is 411 g/mol. The molecule has 0 saturated carbocycles. The molecule has 1 aliphatic heterocycles. The zero-order valence-corrected chi connectivity index (χ0v) is 16.2. The van der Waals surface area contributed by atoms with Crippen molar-refractivity contribution in [2.45, 2.75) is 16.7 Å². The van der Waals surface area contributed by atoms with Gasteiger partial charge in [-0.3, -0.25) is 0 Å². The SMILES string of the molecule is C#CCN1C(=Nc2ccc(Cl)cc2)Sc2cc(Cl)c(C)cc2S1(=O)=O. The fourth-order valence-corrected chi connectivity index (χ4v) is 5.65. The second-order valence-corrected chi connectivity index (χ2v) is 8.92. The summed E-state index contributed by atoms with van der Waals surface area (Å²) >= 11 is 13.2. The number of benzene rings is 2. The number of fused-ring (bicyclic) bond motifs is 1. The Balaban J connectivity index is 2.17. The van der Waals surface area contributed by atoms with Gasteiger partial charge in [0, 0.05) is 14.9 Å². The van der Waals surface area contributed by atoms with Gasteiger partial charge in [-0.05, 0) is 60.6 Å². The number of halogens is 2. The fourth-order valence-electron chi connectivity index (χ4n) is 2.23. The topological polar surface area (TPSA) is 49.7 Å². The fraction of sp³-hybridized carbons (Fsp3) is 0.118. The molecule has 0 unspecified atom stereocenters. The highest BCUT2D eigenvalue weighted by atomic mass is 35.5. The van der Waals surface area contributed by atoms with Crippen molar-refractivity contribution in [3.63, 3.8) is 0 Å². The van der Waals surface area contributed by atoms with Crippen LogP contribution in [0.3, 0.4) is 0 Å². The number of amidine groups is 1. The van der Waals surface area contributed by atoms with Crippen LogP contribution in [-0.4, -0.2) is 24.4 Å². The zero-order valence-electron chi connectivity index (χ0n) is 13.0. The maximum Gasteiger partial charge on any atom is 0.267 e. The molecule has 0 radical (unpaired) electrons. The van der Waals surface area contributed by atoms with Crippen molar-refractivity contribution in [3.05, 3.63) is 52.0 Å². The summed E-state index contributed by atoms with van der Waals surface area (Å²) in [5, 5.41) is 1.34. The van der Waals surface area contributed by atoms with Crippen molar-refractivity contribution < 1.29 is 8.42 Å². The summed E-state index contributed by atoms with van der Waals surface area (Å²) in [5.74, 6) is 2.38. The second-order valence-electron chi connectivity index (χ2n) is 5.24. The minimum atomic E-state index is -3.81. The minimum absolute atomic E-state index is 0.108. The molecule has 0 bridgehead atoms. The molecule has 0 amide bonds. The van der Waals surface area contributed by atoms with Crippen molar-refractivity contribution in [1.29, 1.82) is 0 Å². The van der Waals surface area contributed by atoms with E-state index in [1.807, 2.05) is 0 Å². The van der Waals surface area contributed by atoms with Crippen LogP contribution in [0.1, 0.15) is 5.56 Å². The highest BCUT2D eigenvalue weighted by Crippen LogP contribution is 2.40. The summed E-state index contributed by atoms with van der Waals surface area (Å²) in [6, 6.07) is 9.97. The Morgan fingerprint density at radius 3 is 2.56 bits per heavy atom. The van der Waals surface area contributed by atoms with Gasteiger partial charge in [-0.1, -0.05) is 29.1 Å². The van der Waals surface area contributed by atoms with E-state index in [9.17, 15) is 8.42 Å². The van der Waals surface area contributed by atoms with E-state index in [-0.39, 0.29) is 16.6 Å². The third kappa shape index (κ3) is 3.51. The van der Waals surface area contributed by atoms with Crippen LogP contribution in [0.15, 0.2) is 51.2 Å². The lowest BCUT2D eigenvalue weighted by Gasteiger charge is -2.29. The Morgan fingerprint density at radius 2 is 1.92 bits per heavy atom. The Hall–Kier alpha value is -1.65. The van der Waals surface area contributed by atoms with E-state index in [1.165, 1.54) is 11.8 Å². The van der Waals surface area contributed by atoms with Gasteiger partial charge in [0.05, 0.1) is 12.2 Å². The maximum atomic E-state index is 13.0. The van der Waals surface area contributed by atoms with Crippen LogP contribution in [-0.2, 0) is 10.0 Å². The Labute approximate surface area is 160 Å². The second kappa shape index (κ2) is 6.93. The third-order valence-electron chi connectivity index (χ3n) is 3.49. The molecule has 3 rings (SSSR count). The summed E-state index contributed by atoms with van der Waals surface area (Å²) in [5.41, 5.74) is 1.26. The highest BCUT2D eigenvalue weighted by Gasteiger charge is 2.36. The smallest absolute Gasteiger partial charge is 0.232 e. The summed E-state index contributed by atoms with van der Waals surface area (Å²) in [7, 11) is -3.81. The molecule has 0 aromatic heterocycles. The van der Waals surface area contributed by atoms with Gasteiger partial charge in [0.2, 0.25) is 0 Å². The van der Waals surface area contributed by atoms with Crippen molar-refractivity contribution in [1.82, 2.24) is 4.31 Å². The van der Waals surface area contributed by atoms with Gasteiger partial charge in [-0.15, -0.1) is 6.42 Å². The van der Waals surface area contributed by atoms with E-state index < -0.39 is 10.0 Å². The Morgan fingerprint density at radius 1 is 1.24 bits per heavy atom. The number of thioether (sulfide) groups is 1. The van der Waals surface area contributed by atoms with Gasteiger partial charge in [0.1, 0.15) is 4.90 Å². The molecule has 1 aliphatic rings. The van der Waals surface area contributed by atoms with E-state index in [0.29, 0.717) is 26.2 Å². The van der Waals surface area contributed by atoms with Crippen molar-refractivity contribution in [2.24, 2.45) is 4.99 Å². The largest absolute Gasteiger partial charge is 0.267 e. The van der Waals surface area contributed by atoms with Gasteiger partial charge in [0.15, 0.2) is 5.17 Å². The van der Waals surface area contributed by atoms with Gasteiger partial charge in [-0.2, -0.15) is 0 Å². The molecule has 128 valence electrons. The number of terminal acetylenes is 1. The van der Waals surface area contributed by atoms with Crippen LogP contribution in [0.25, 0.3) is 0 Å². The van der Waals surface area contributed by atoms with E-state index in [2.05, 4.69) is 10.9 Å². The monoisotopic (exact) mass is 410 g/mol. The molecule has 0 aliphatic carbocycles. The van der Waals surface area contributed by atoms with E-state index in [0.717, 1.165) is 4.31 Å². The van der Waals surface area contributed by atoms with Crippen molar-refractivity contribution in [2.75, 3.05) is 6.54 Å². The molecule has 0 atom stereocenters. The summed E-state index contributed by atoms with van der Waals surface area (Å²) in [6.07, 6.45) is 5.37. The Kier molecular flexibility index (Phi) is 5.03. The summed E-state index contributed by atoms with van der Waals surface area (Å²) < 4.78 is 27.1. The van der Waals surface area contributed by atoms with Gasteiger partial charge < -0.3 is 0 Å². The van der Waals surface area contributed by atoms with Gasteiger partial charge in [0.25, 0.3) is 10.0 Å². The minimum Gasteiger partial charge on any atom is -0.232 e. The first-order valence-corrected chi connectivity index (χ1v) is 10.1. The molecule has 0 spiro atoms. The van der Waals surface area contributed by atoms with Crippen LogP contribution < -0.4 is 0 Å². The number of aryl methyl sites for hydroxylation is 1. The van der Waals surface area contributed by atoms with Crippen molar-refractivity contribution in [3.8, 4) is 12.3 Å². The molecule has 2 aromatic carbocycles. The number of aliphatic imine (C=N–C) groups is 1. The predicted molar refractivity (Wildman–Crippen MR) is 103 cm³/mol.